The summed E-state index contributed by atoms with van der Waals surface area (Å²) in [6, 6.07) is 0. The molecule has 0 aliphatic carbocycles. The second kappa shape index (κ2) is 6.19. The predicted octanol–water partition coefficient (Wildman–Crippen LogP) is 1.58. The molecule has 2 aromatic rings. The van der Waals surface area contributed by atoms with E-state index in [1.165, 1.54) is 11.3 Å². The minimum absolute atomic E-state index is 0.457. The third kappa shape index (κ3) is 3.02. The minimum Gasteiger partial charge on any atom is -0.384 e. The first-order valence-electron chi connectivity index (χ1n) is 5.30. The van der Waals surface area contributed by atoms with E-state index in [1.807, 2.05) is 0 Å². The van der Waals surface area contributed by atoms with Crippen molar-refractivity contribution in [3.8, 4) is 9.88 Å². The summed E-state index contributed by atoms with van der Waals surface area (Å²) in [6.07, 6.45) is 0.784. The Balaban J connectivity index is 2.28. The molecule has 98 valence electrons. The van der Waals surface area contributed by atoms with Gasteiger partial charge < -0.3 is 15.2 Å². The van der Waals surface area contributed by atoms with Gasteiger partial charge in [-0.05, 0) is 0 Å². The average Bonchev–Trinajstić information content (AvgIpc) is 2.93. The van der Waals surface area contributed by atoms with Crippen LogP contribution >= 0.6 is 22.7 Å². The van der Waals surface area contributed by atoms with E-state index in [1.54, 1.807) is 25.6 Å². The fraction of sp³-hybridized carbons (Fsp3) is 0.500. The molecule has 2 heterocycles. The zero-order chi connectivity index (χ0) is 13.0. The maximum absolute atomic E-state index is 5.60. The van der Waals surface area contributed by atoms with E-state index in [0.29, 0.717) is 18.3 Å². The van der Waals surface area contributed by atoms with Gasteiger partial charge in [-0.2, -0.15) is 0 Å². The van der Waals surface area contributed by atoms with E-state index in [9.17, 15) is 0 Å². The number of nitrogens with zero attached hydrogens (tertiary/aromatic N) is 3. The minimum atomic E-state index is 0.457. The number of hydrogen-bond acceptors (Lipinski definition) is 8. The van der Waals surface area contributed by atoms with Gasteiger partial charge in [0.2, 0.25) is 5.13 Å². The SMILES string of the molecule is COCCc1nc(COC)c(-c2nnc(N)s2)s1. The second-order valence-corrected chi connectivity index (χ2v) is 5.60. The summed E-state index contributed by atoms with van der Waals surface area (Å²) < 4.78 is 10.2. The summed E-state index contributed by atoms with van der Waals surface area (Å²) in [5.41, 5.74) is 6.48. The Hall–Kier alpha value is -1.09. The van der Waals surface area contributed by atoms with Crippen molar-refractivity contribution in [2.45, 2.75) is 13.0 Å². The highest BCUT2D eigenvalue weighted by molar-refractivity contribution is 7.23. The molecule has 2 aromatic heterocycles. The lowest BCUT2D eigenvalue weighted by molar-refractivity contribution is 0.181. The lowest BCUT2D eigenvalue weighted by atomic mass is 10.4. The summed E-state index contributed by atoms with van der Waals surface area (Å²) in [4.78, 5) is 5.52. The van der Waals surface area contributed by atoms with Gasteiger partial charge in [0.05, 0.1) is 28.8 Å². The fourth-order valence-corrected chi connectivity index (χ4v) is 3.17. The van der Waals surface area contributed by atoms with Crippen molar-refractivity contribution in [2.24, 2.45) is 0 Å². The number of anilines is 1. The summed E-state index contributed by atoms with van der Waals surface area (Å²) >= 11 is 2.94. The topological polar surface area (TPSA) is 83.2 Å². The molecule has 0 amide bonds. The quantitative estimate of drug-likeness (QED) is 0.868. The number of aromatic nitrogens is 3. The highest BCUT2D eigenvalue weighted by Crippen LogP contribution is 2.33. The molecule has 0 unspecified atom stereocenters. The van der Waals surface area contributed by atoms with Gasteiger partial charge in [0.1, 0.15) is 0 Å². The normalized spacial score (nSPS) is 11.0. The van der Waals surface area contributed by atoms with Crippen LogP contribution in [0.4, 0.5) is 5.13 Å². The molecule has 0 spiro atoms. The smallest absolute Gasteiger partial charge is 0.203 e. The maximum Gasteiger partial charge on any atom is 0.203 e. The van der Waals surface area contributed by atoms with E-state index in [2.05, 4.69) is 15.2 Å². The Bertz CT molecular complexity index is 512. The highest BCUT2D eigenvalue weighted by Gasteiger charge is 2.16. The summed E-state index contributed by atoms with van der Waals surface area (Å²) in [7, 11) is 3.32. The van der Waals surface area contributed by atoms with Crippen molar-refractivity contribution >= 4 is 27.8 Å². The molecule has 0 saturated carbocycles. The average molecular weight is 286 g/mol. The zero-order valence-electron chi connectivity index (χ0n) is 10.2. The molecule has 0 saturated heterocycles. The van der Waals surface area contributed by atoms with Gasteiger partial charge in [-0.3, -0.25) is 0 Å². The first kappa shape index (κ1) is 13.3. The van der Waals surface area contributed by atoms with Gasteiger partial charge in [-0.25, -0.2) is 4.98 Å². The third-order valence-corrected chi connectivity index (χ3v) is 4.24. The van der Waals surface area contributed by atoms with Crippen molar-refractivity contribution in [3.63, 3.8) is 0 Å². The van der Waals surface area contributed by atoms with E-state index < -0.39 is 0 Å². The summed E-state index contributed by atoms with van der Waals surface area (Å²) in [5, 5.41) is 10.1. The molecule has 8 heteroatoms. The molecular weight excluding hydrogens is 272 g/mol. The van der Waals surface area contributed by atoms with Gasteiger partial charge in [-0.15, -0.1) is 21.5 Å². The van der Waals surface area contributed by atoms with E-state index in [-0.39, 0.29) is 0 Å². The monoisotopic (exact) mass is 286 g/mol. The van der Waals surface area contributed by atoms with Crippen LogP contribution in [0.25, 0.3) is 9.88 Å². The second-order valence-electron chi connectivity index (χ2n) is 3.50. The largest absolute Gasteiger partial charge is 0.384 e. The first-order chi connectivity index (χ1) is 8.74. The van der Waals surface area contributed by atoms with Crippen LogP contribution in [0, 0.1) is 0 Å². The number of thiazole rings is 1. The molecular formula is C10H14N4O2S2. The van der Waals surface area contributed by atoms with Gasteiger partial charge in [-0.1, -0.05) is 11.3 Å². The van der Waals surface area contributed by atoms with Gasteiger partial charge in [0.15, 0.2) is 5.01 Å². The standard InChI is InChI=1S/C10H14N4O2S2/c1-15-4-3-7-12-6(5-16-2)8(17-7)9-13-14-10(11)18-9/h3-5H2,1-2H3,(H2,11,14). The molecule has 0 radical (unpaired) electrons. The predicted molar refractivity (Wildman–Crippen MR) is 71.7 cm³/mol. The van der Waals surface area contributed by atoms with Crippen LogP contribution in [0.5, 0.6) is 0 Å². The van der Waals surface area contributed by atoms with Crippen LogP contribution in [0.1, 0.15) is 10.7 Å². The van der Waals surface area contributed by atoms with E-state index in [0.717, 1.165) is 27.0 Å². The number of ether oxygens (including phenoxy) is 2. The van der Waals surface area contributed by atoms with E-state index >= 15 is 0 Å². The lowest BCUT2D eigenvalue weighted by Crippen LogP contribution is -1.95. The zero-order valence-corrected chi connectivity index (χ0v) is 11.8. The molecule has 18 heavy (non-hydrogen) atoms. The van der Waals surface area contributed by atoms with Crippen LogP contribution < -0.4 is 5.73 Å². The van der Waals surface area contributed by atoms with Crippen molar-refractivity contribution in [3.05, 3.63) is 10.7 Å². The number of methoxy groups -OCH3 is 2. The molecule has 6 nitrogen and oxygen atoms in total. The van der Waals surface area contributed by atoms with Crippen LogP contribution in [-0.2, 0) is 22.5 Å². The number of rotatable bonds is 6. The molecule has 2 rings (SSSR count). The number of nitrogens with two attached hydrogens (primary N) is 1. The first-order valence-corrected chi connectivity index (χ1v) is 6.93. The van der Waals surface area contributed by atoms with Crippen molar-refractivity contribution < 1.29 is 9.47 Å². The molecule has 0 fully saturated rings. The third-order valence-electron chi connectivity index (χ3n) is 2.18. The fourth-order valence-electron chi connectivity index (χ4n) is 1.43. The molecule has 0 bridgehead atoms. The maximum atomic E-state index is 5.60. The van der Waals surface area contributed by atoms with Crippen LogP contribution in [0.15, 0.2) is 0 Å². The summed E-state index contributed by atoms with van der Waals surface area (Å²) in [6.45, 7) is 1.11. The number of hydrogen-bond donors (Lipinski definition) is 1. The molecule has 2 N–H and O–H groups in total. The lowest BCUT2D eigenvalue weighted by Gasteiger charge is -1.96. The van der Waals surface area contributed by atoms with Crippen LogP contribution in [0.2, 0.25) is 0 Å². The Labute approximate surface area is 113 Å². The molecule has 0 aliphatic rings. The Morgan fingerprint density at radius 1 is 1.17 bits per heavy atom. The van der Waals surface area contributed by atoms with Gasteiger partial charge in [0, 0.05) is 20.6 Å². The Kier molecular flexibility index (Phi) is 4.59. The Morgan fingerprint density at radius 3 is 2.61 bits per heavy atom. The Morgan fingerprint density at radius 2 is 2.00 bits per heavy atom. The summed E-state index contributed by atoms with van der Waals surface area (Å²) in [5.74, 6) is 0. The van der Waals surface area contributed by atoms with Crippen molar-refractivity contribution in [1.82, 2.24) is 15.2 Å². The number of nitrogen functional groups attached to an aromatic ring is 1. The van der Waals surface area contributed by atoms with Crippen molar-refractivity contribution in [1.29, 1.82) is 0 Å². The van der Waals surface area contributed by atoms with Gasteiger partial charge >= 0.3 is 0 Å². The van der Waals surface area contributed by atoms with E-state index in [4.69, 9.17) is 15.2 Å². The van der Waals surface area contributed by atoms with Gasteiger partial charge in [0.25, 0.3) is 0 Å². The molecule has 0 aliphatic heterocycles. The van der Waals surface area contributed by atoms with Crippen LogP contribution in [-0.4, -0.2) is 36.0 Å². The highest BCUT2D eigenvalue weighted by atomic mass is 32.1. The van der Waals surface area contributed by atoms with Crippen LogP contribution in [0.3, 0.4) is 0 Å². The van der Waals surface area contributed by atoms with Crippen molar-refractivity contribution in [2.75, 3.05) is 26.6 Å². The molecule has 0 aromatic carbocycles. The molecule has 0 atom stereocenters.